The van der Waals surface area contributed by atoms with Crippen LogP contribution in [0.15, 0.2) is 48.5 Å². The number of amides is 3. The van der Waals surface area contributed by atoms with Gasteiger partial charge in [-0.1, -0.05) is 24.3 Å². The molecule has 0 aliphatic heterocycles. The third-order valence-electron chi connectivity index (χ3n) is 5.70. The van der Waals surface area contributed by atoms with Gasteiger partial charge < -0.3 is 30.5 Å². The number of phenols is 2. The summed E-state index contributed by atoms with van der Waals surface area (Å²) in [5.74, 6) is -0.744. The molecule has 0 radical (unpaired) electrons. The Hall–Kier alpha value is -3.75. The van der Waals surface area contributed by atoms with Crippen molar-refractivity contribution < 1.29 is 29.3 Å². The smallest absolute Gasteiger partial charge is 0.408 e. The summed E-state index contributed by atoms with van der Waals surface area (Å²) in [6.45, 7) is 8.85. The fraction of sp³-hybridized carbons (Fsp3) is 0.464. The van der Waals surface area contributed by atoms with E-state index in [-0.39, 0.29) is 35.9 Å². The topological polar surface area (TPSA) is 128 Å². The van der Waals surface area contributed by atoms with Crippen LogP contribution < -0.4 is 10.6 Å². The molecule has 2 unspecified atom stereocenters. The van der Waals surface area contributed by atoms with E-state index in [4.69, 9.17) is 4.74 Å². The molecule has 2 atom stereocenters. The monoisotopic (exact) mass is 511 g/mol. The molecule has 0 saturated heterocycles. The maximum atomic E-state index is 14.2. The van der Waals surface area contributed by atoms with Gasteiger partial charge in [-0.25, -0.2) is 4.79 Å². The Kier molecular flexibility index (Phi) is 8.68. The highest BCUT2D eigenvalue weighted by Crippen LogP contribution is 2.36. The molecule has 0 bridgehead atoms. The minimum absolute atomic E-state index is 0.0180. The number of carbonyl (C=O) groups excluding carboxylic acids is 3. The van der Waals surface area contributed by atoms with Crippen LogP contribution >= 0.6 is 0 Å². The number of hydrogen-bond donors (Lipinski definition) is 4. The second-order valence-electron chi connectivity index (χ2n) is 10.7. The van der Waals surface area contributed by atoms with Crippen molar-refractivity contribution in [3.63, 3.8) is 0 Å². The van der Waals surface area contributed by atoms with E-state index in [0.717, 1.165) is 0 Å². The number of nitrogens with one attached hydrogen (secondary N) is 2. The van der Waals surface area contributed by atoms with Gasteiger partial charge in [-0.2, -0.15) is 0 Å². The van der Waals surface area contributed by atoms with Crippen LogP contribution in [0.4, 0.5) is 4.79 Å². The summed E-state index contributed by atoms with van der Waals surface area (Å²) in [6, 6.07) is 10.3. The van der Waals surface area contributed by atoms with Crippen molar-refractivity contribution >= 4 is 17.9 Å². The van der Waals surface area contributed by atoms with E-state index in [1.165, 1.54) is 29.2 Å². The Morgan fingerprint density at radius 3 is 2.19 bits per heavy atom. The van der Waals surface area contributed by atoms with Crippen LogP contribution in [0, 0.1) is 0 Å². The van der Waals surface area contributed by atoms with Gasteiger partial charge >= 0.3 is 6.09 Å². The number of nitrogens with zero attached hydrogens (tertiary/aromatic N) is 1. The number of ether oxygens (including phenoxy) is 1. The first kappa shape index (κ1) is 27.8. The van der Waals surface area contributed by atoms with E-state index in [0.29, 0.717) is 24.0 Å². The third-order valence-corrected chi connectivity index (χ3v) is 5.70. The number of carbonyl (C=O) groups is 3. The van der Waals surface area contributed by atoms with Gasteiger partial charge in [-0.05, 0) is 82.9 Å². The maximum Gasteiger partial charge on any atom is 0.408 e. The average Bonchev–Trinajstić information content (AvgIpc) is 3.61. The lowest BCUT2D eigenvalue weighted by atomic mass is 9.99. The normalized spacial score (nSPS) is 15.0. The van der Waals surface area contributed by atoms with Crippen molar-refractivity contribution in [1.29, 1.82) is 0 Å². The second kappa shape index (κ2) is 11.5. The van der Waals surface area contributed by atoms with Crippen LogP contribution in [0.5, 0.6) is 11.5 Å². The van der Waals surface area contributed by atoms with Gasteiger partial charge in [0.05, 0.1) is 0 Å². The summed E-state index contributed by atoms with van der Waals surface area (Å²) >= 11 is 0. The van der Waals surface area contributed by atoms with Crippen molar-refractivity contribution in [1.82, 2.24) is 15.5 Å². The molecule has 1 aliphatic rings. The molecular formula is C28H37N3O6. The maximum absolute atomic E-state index is 14.2. The summed E-state index contributed by atoms with van der Waals surface area (Å²) in [6.07, 6.45) is 0.809. The zero-order valence-electron chi connectivity index (χ0n) is 22.0. The molecule has 200 valence electrons. The standard InChI is InChI=1S/C28H37N3O6/c1-17(2)29-25(34)24(19-7-6-8-22(33)16-19)31(20-11-12-20)26(35)23(30-27(36)37-28(3,4)5)15-18-9-13-21(32)14-10-18/h6-10,13-14,16-17,20,23-24,32-33H,11-12,15H2,1-5H3,(H,29,34)(H,30,36). The molecule has 0 heterocycles. The Bertz CT molecular complexity index is 1110. The first-order valence-electron chi connectivity index (χ1n) is 12.5. The summed E-state index contributed by atoms with van der Waals surface area (Å²) in [5, 5.41) is 25.4. The zero-order chi connectivity index (χ0) is 27.3. The van der Waals surface area contributed by atoms with Gasteiger partial charge in [0, 0.05) is 18.5 Å². The number of alkyl carbamates (subject to hydrolysis) is 1. The molecule has 1 aliphatic carbocycles. The van der Waals surface area contributed by atoms with Crippen molar-refractivity contribution in [3.05, 3.63) is 59.7 Å². The van der Waals surface area contributed by atoms with E-state index in [1.807, 2.05) is 13.8 Å². The molecule has 3 amide bonds. The Balaban J connectivity index is 2.00. The average molecular weight is 512 g/mol. The van der Waals surface area contributed by atoms with E-state index in [1.54, 1.807) is 45.0 Å². The first-order chi connectivity index (χ1) is 17.3. The van der Waals surface area contributed by atoms with E-state index in [2.05, 4.69) is 10.6 Å². The molecule has 3 rings (SSSR count). The molecular weight excluding hydrogens is 474 g/mol. The molecule has 1 saturated carbocycles. The number of phenolic OH excluding ortho intramolecular Hbond substituents is 2. The highest BCUT2D eigenvalue weighted by molar-refractivity contribution is 5.93. The number of benzene rings is 2. The molecule has 4 N–H and O–H groups in total. The molecule has 0 spiro atoms. The third kappa shape index (κ3) is 8.13. The van der Waals surface area contributed by atoms with Crippen LogP contribution in [0.3, 0.4) is 0 Å². The minimum Gasteiger partial charge on any atom is -0.508 e. The van der Waals surface area contributed by atoms with Crippen molar-refractivity contribution in [2.75, 3.05) is 0 Å². The summed E-state index contributed by atoms with van der Waals surface area (Å²) in [7, 11) is 0. The molecule has 2 aromatic carbocycles. The van der Waals surface area contributed by atoms with Gasteiger partial charge in [0.2, 0.25) is 11.8 Å². The SMILES string of the molecule is CC(C)NC(=O)C(c1cccc(O)c1)N(C(=O)C(Cc1ccc(O)cc1)NC(=O)OC(C)(C)C)C1CC1. The largest absolute Gasteiger partial charge is 0.508 e. The first-order valence-corrected chi connectivity index (χ1v) is 12.5. The highest BCUT2D eigenvalue weighted by Gasteiger charge is 2.44. The van der Waals surface area contributed by atoms with Gasteiger partial charge in [-0.3, -0.25) is 9.59 Å². The number of rotatable bonds is 9. The zero-order valence-corrected chi connectivity index (χ0v) is 22.0. The molecule has 9 heteroatoms. The Labute approximate surface area is 217 Å². The Morgan fingerprint density at radius 1 is 1.00 bits per heavy atom. The van der Waals surface area contributed by atoms with Crippen LogP contribution in [-0.4, -0.2) is 56.7 Å². The van der Waals surface area contributed by atoms with Crippen molar-refractivity contribution in [2.45, 2.75) is 83.6 Å². The minimum atomic E-state index is -1.04. The highest BCUT2D eigenvalue weighted by atomic mass is 16.6. The predicted octanol–water partition coefficient (Wildman–Crippen LogP) is 3.79. The van der Waals surface area contributed by atoms with Gasteiger partial charge in [0.15, 0.2) is 0 Å². The van der Waals surface area contributed by atoms with Gasteiger partial charge in [-0.15, -0.1) is 0 Å². The van der Waals surface area contributed by atoms with Gasteiger partial charge in [0.25, 0.3) is 0 Å². The van der Waals surface area contributed by atoms with Crippen LogP contribution in [-0.2, 0) is 20.7 Å². The lowest BCUT2D eigenvalue weighted by Crippen LogP contribution is -2.55. The second-order valence-corrected chi connectivity index (χ2v) is 10.7. The number of hydrogen-bond acceptors (Lipinski definition) is 6. The van der Waals surface area contributed by atoms with E-state index >= 15 is 0 Å². The summed E-state index contributed by atoms with van der Waals surface area (Å²) in [5.41, 5.74) is 0.413. The fourth-order valence-electron chi connectivity index (χ4n) is 4.06. The van der Waals surface area contributed by atoms with Crippen molar-refractivity contribution in [2.24, 2.45) is 0 Å². The predicted molar refractivity (Wildman–Crippen MR) is 139 cm³/mol. The quantitative estimate of drug-likeness (QED) is 0.406. The van der Waals surface area contributed by atoms with Crippen LogP contribution in [0.25, 0.3) is 0 Å². The summed E-state index contributed by atoms with van der Waals surface area (Å²) in [4.78, 5) is 41.9. The molecule has 1 fully saturated rings. The van der Waals surface area contributed by atoms with E-state index in [9.17, 15) is 24.6 Å². The molecule has 0 aromatic heterocycles. The number of aromatic hydroxyl groups is 2. The van der Waals surface area contributed by atoms with Crippen molar-refractivity contribution in [3.8, 4) is 11.5 Å². The van der Waals surface area contributed by atoms with Crippen LogP contribution in [0.1, 0.15) is 64.6 Å². The molecule has 9 nitrogen and oxygen atoms in total. The summed E-state index contributed by atoms with van der Waals surface area (Å²) < 4.78 is 5.42. The molecule has 2 aromatic rings. The fourth-order valence-corrected chi connectivity index (χ4v) is 4.06. The lowest BCUT2D eigenvalue weighted by molar-refractivity contribution is -0.143. The van der Waals surface area contributed by atoms with Gasteiger partial charge in [0.1, 0.15) is 29.2 Å². The Morgan fingerprint density at radius 2 is 1.65 bits per heavy atom. The van der Waals surface area contributed by atoms with Crippen LogP contribution in [0.2, 0.25) is 0 Å². The lowest BCUT2D eigenvalue weighted by Gasteiger charge is -2.35. The van der Waals surface area contributed by atoms with E-state index < -0.39 is 29.7 Å². The molecule has 37 heavy (non-hydrogen) atoms.